The maximum Gasteiger partial charge on any atom is 0.238 e. The number of benzene rings is 1. The van der Waals surface area contributed by atoms with Crippen molar-refractivity contribution in [2.75, 3.05) is 32.2 Å². The topological polar surface area (TPSA) is 58.6 Å². The van der Waals surface area contributed by atoms with Crippen LogP contribution in [0.1, 0.15) is 23.7 Å². The maximum atomic E-state index is 12.0. The van der Waals surface area contributed by atoms with Crippen LogP contribution in [0.4, 0.5) is 0 Å². The molecule has 2 unspecified atom stereocenters. The Morgan fingerprint density at radius 1 is 1.48 bits per heavy atom. The number of amides is 1. The van der Waals surface area contributed by atoms with Crippen molar-refractivity contribution in [3.63, 3.8) is 0 Å². The molecule has 1 heterocycles. The fourth-order valence-corrected chi connectivity index (χ4v) is 3.14. The molecule has 1 aliphatic heterocycles. The summed E-state index contributed by atoms with van der Waals surface area (Å²) < 4.78 is 16.4. The van der Waals surface area contributed by atoms with Gasteiger partial charge in [0.05, 0.1) is 13.7 Å². The molecule has 2 atom stereocenters. The van der Waals surface area contributed by atoms with Gasteiger partial charge >= 0.3 is 0 Å². The summed E-state index contributed by atoms with van der Waals surface area (Å²) in [4.78, 5) is 13.8. The zero-order chi connectivity index (χ0) is 15.4. The van der Waals surface area contributed by atoms with Gasteiger partial charge in [-0.05, 0) is 36.6 Å². The van der Waals surface area contributed by atoms with E-state index in [1.165, 1.54) is 0 Å². The average molecular weight is 310 g/mol. The van der Waals surface area contributed by atoms with Crippen LogP contribution in [0.15, 0.2) is 18.2 Å². The number of aryl methyl sites for hydroxylation is 1. The monoisotopic (exact) mass is 310 g/mol. The van der Waals surface area contributed by atoms with Crippen molar-refractivity contribution in [3.05, 3.63) is 29.3 Å². The molecule has 0 spiro atoms. The van der Waals surface area contributed by atoms with E-state index >= 15 is 0 Å². The predicted molar refractivity (Wildman–Crippen MR) is 83.7 cm³/mol. The highest BCUT2D eigenvalue weighted by molar-refractivity contribution is 7.84. The lowest BCUT2D eigenvalue weighted by Crippen LogP contribution is -2.31. The molecule has 1 saturated heterocycles. The lowest BCUT2D eigenvalue weighted by Gasteiger charge is -2.25. The highest BCUT2D eigenvalue weighted by Crippen LogP contribution is 2.27. The molecular weight excluding hydrogens is 288 g/mol. The molecule has 0 aromatic heterocycles. The van der Waals surface area contributed by atoms with Crippen LogP contribution in [-0.4, -0.2) is 47.2 Å². The number of nitrogens with zero attached hydrogens (tertiary/aromatic N) is 1. The molecule has 0 bridgehead atoms. The largest absolute Gasteiger partial charge is 0.496 e. The Labute approximate surface area is 128 Å². The van der Waals surface area contributed by atoms with Crippen molar-refractivity contribution < 1.29 is 13.7 Å². The van der Waals surface area contributed by atoms with E-state index in [1.807, 2.05) is 30.0 Å². The lowest BCUT2D eigenvalue weighted by atomic mass is 10.1. The van der Waals surface area contributed by atoms with Crippen LogP contribution >= 0.6 is 0 Å². The molecule has 1 amide bonds. The van der Waals surface area contributed by atoms with Crippen LogP contribution in [0.25, 0.3) is 0 Å². The summed E-state index contributed by atoms with van der Waals surface area (Å²) in [5.74, 6) is 1.56. The van der Waals surface area contributed by atoms with Gasteiger partial charge < -0.3 is 9.64 Å². The SMILES string of the molecule is COc1ccc(C2NCC(=O)N2CCCS(C)=O)cc1C. The van der Waals surface area contributed by atoms with Crippen molar-refractivity contribution in [1.82, 2.24) is 10.2 Å². The first kappa shape index (κ1) is 16.0. The number of nitrogens with one attached hydrogen (secondary N) is 1. The molecule has 1 aromatic carbocycles. The van der Waals surface area contributed by atoms with Crippen LogP contribution in [0, 0.1) is 6.92 Å². The summed E-state index contributed by atoms with van der Waals surface area (Å²) >= 11 is 0. The number of rotatable bonds is 6. The minimum absolute atomic E-state index is 0.0929. The fraction of sp³-hybridized carbons (Fsp3) is 0.533. The molecule has 1 N–H and O–H groups in total. The molecule has 1 fully saturated rings. The van der Waals surface area contributed by atoms with Gasteiger partial charge in [0.15, 0.2) is 0 Å². The first-order chi connectivity index (χ1) is 10.0. The molecular formula is C15H22N2O3S. The van der Waals surface area contributed by atoms with E-state index in [2.05, 4.69) is 5.32 Å². The van der Waals surface area contributed by atoms with Crippen LogP contribution in [-0.2, 0) is 15.6 Å². The molecule has 6 heteroatoms. The highest BCUT2D eigenvalue weighted by Gasteiger charge is 2.31. The van der Waals surface area contributed by atoms with Gasteiger partial charge in [0, 0.05) is 29.4 Å². The summed E-state index contributed by atoms with van der Waals surface area (Å²) in [7, 11) is 0.834. The van der Waals surface area contributed by atoms with Gasteiger partial charge in [0.1, 0.15) is 11.9 Å². The Morgan fingerprint density at radius 2 is 2.24 bits per heavy atom. The normalized spacial score (nSPS) is 19.9. The fourth-order valence-electron chi connectivity index (χ4n) is 2.60. The van der Waals surface area contributed by atoms with Gasteiger partial charge in [-0.1, -0.05) is 6.07 Å². The molecule has 2 rings (SSSR count). The van der Waals surface area contributed by atoms with Crippen LogP contribution in [0.2, 0.25) is 0 Å². The third kappa shape index (κ3) is 3.83. The number of carbonyl (C=O) groups excluding carboxylic acids is 1. The van der Waals surface area contributed by atoms with E-state index in [-0.39, 0.29) is 12.1 Å². The lowest BCUT2D eigenvalue weighted by molar-refractivity contribution is -0.128. The predicted octanol–water partition coefficient (Wildman–Crippen LogP) is 1.20. The van der Waals surface area contributed by atoms with Gasteiger partial charge in [0.2, 0.25) is 5.91 Å². The second-order valence-corrected chi connectivity index (χ2v) is 6.79. The smallest absolute Gasteiger partial charge is 0.238 e. The number of hydrogen-bond acceptors (Lipinski definition) is 4. The third-order valence-corrected chi connectivity index (χ3v) is 4.51. The molecule has 21 heavy (non-hydrogen) atoms. The summed E-state index contributed by atoms with van der Waals surface area (Å²) in [5.41, 5.74) is 2.10. The molecule has 1 aromatic rings. The first-order valence-electron chi connectivity index (χ1n) is 7.00. The molecule has 0 saturated carbocycles. The zero-order valence-corrected chi connectivity index (χ0v) is 13.5. The summed E-state index contributed by atoms with van der Waals surface area (Å²) in [6, 6.07) is 5.95. The molecule has 5 nitrogen and oxygen atoms in total. The molecule has 1 aliphatic rings. The Bertz CT molecular complexity index is 548. The van der Waals surface area contributed by atoms with E-state index < -0.39 is 10.8 Å². The quantitative estimate of drug-likeness (QED) is 0.858. The van der Waals surface area contributed by atoms with E-state index in [1.54, 1.807) is 13.4 Å². The van der Waals surface area contributed by atoms with E-state index in [0.29, 0.717) is 18.8 Å². The van der Waals surface area contributed by atoms with Crippen molar-refractivity contribution in [2.45, 2.75) is 19.5 Å². The Morgan fingerprint density at radius 3 is 2.86 bits per heavy atom. The van der Waals surface area contributed by atoms with Gasteiger partial charge in [0.25, 0.3) is 0 Å². The Kier molecular flexibility index (Phi) is 5.36. The van der Waals surface area contributed by atoms with Gasteiger partial charge in [-0.2, -0.15) is 0 Å². The summed E-state index contributed by atoms with van der Waals surface area (Å²) in [5, 5.41) is 3.24. The van der Waals surface area contributed by atoms with Crippen molar-refractivity contribution >= 4 is 16.7 Å². The van der Waals surface area contributed by atoms with Crippen LogP contribution < -0.4 is 10.1 Å². The van der Waals surface area contributed by atoms with Crippen LogP contribution in [0.3, 0.4) is 0 Å². The Hall–Kier alpha value is -1.40. The standard InChI is InChI=1S/C15H22N2O3S/c1-11-9-12(5-6-13(11)20-2)15-16-10-14(18)17(15)7-4-8-21(3)19/h5-6,9,15-16H,4,7-8,10H2,1-3H3. The van der Waals surface area contributed by atoms with E-state index in [4.69, 9.17) is 4.74 Å². The average Bonchev–Trinajstić information content (AvgIpc) is 2.80. The number of methoxy groups -OCH3 is 1. The first-order valence-corrected chi connectivity index (χ1v) is 8.73. The Balaban J connectivity index is 2.11. The van der Waals surface area contributed by atoms with E-state index in [0.717, 1.165) is 23.3 Å². The van der Waals surface area contributed by atoms with E-state index in [9.17, 15) is 9.00 Å². The van der Waals surface area contributed by atoms with Gasteiger partial charge in [-0.25, -0.2) is 0 Å². The second-order valence-electron chi connectivity index (χ2n) is 5.23. The van der Waals surface area contributed by atoms with Crippen LogP contribution in [0.5, 0.6) is 5.75 Å². The minimum atomic E-state index is -0.815. The second kappa shape index (κ2) is 7.04. The zero-order valence-electron chi connectivity index (χ0n) is 12.7. The van der Waals surface area contributed by atoms with Gasteiger partial charge in [-0.15, -0.1) is 0 Å². The minimum Gasteiger partial charge on any atom is -0.496 e. The van der Waals surface area contributed by atoms with Crippen molar-refractivity contribution in [2.24, 2.45) is 0 Å². The molecule has 0 aliphatic carbocycles. The van der Waals surface area contributed by atoms with Crippen molar-refractivity contribution in [1.29, 1.82) is 0 Å². The maximum absolute atomic E-state index is 12.0. The number of ether oxygens (including phenoxy) is 1. The van der Waals surface area contributed by atoms with Gasteiger partial charge in [-0.3, -0.25) is 14.3 Å². The van der Waals surface area contributed by atoms with Crippen molar-refractivity contribution in [3.8, 4) is 5.75 Å². The number of carbonyl (C=O) groups is 1. The summed E-state index contributed by atoms with van der Waals surface area (Å²) in [6.45, 7) is 2.97. The molecule has 116 valence electrons. The summed E-state index contributed by atoms with van der Waals surface area (Å²) in [6.07, 6.45) is 2.34. The third-order valence-electron chi connectivity index (χ3n) is 3.64. The molecule has 0 radical (unpaired) electrons. The highest BCUT2D eigenvalue weighted by atomic mass is 32.2. The number of hydrogen-bond donors (Lipinski definition) is 1.